The van der Waals surface area contributed by atoms with E-state index < -0.39 is 0 Å². The first-order chi connectivity index (χ1) is 6.77. The zero-order valence-electron chi connectivity index (χ0n) is 7.94. The van der Waals surface area contributed by atoms with E-state index >= 15 is 0 Å². The Labute approximate surface area is 94.6 Å². The minimum atomic E-state index is 0.260. The highest BCUT2D eigenvalue weighted by Crippen LogP contribution is 2.67. The van der Waals surface area contributed by atoms with E-state index in [9.17, 15) is 0 Å². The fourth-order valence-corrected chi connectivity index (χ4v) is 5.81. The van der Waals surface area contributed by atoms with Crippen LogP contribution in [-0.2, 0) is 0 Å². The second-order valence-electron chi connectivity index (χ2n) is 5.56. The minimum absolute atomic E-state index is 0.260. The summed E-state index contributed by atoms with van der Waals surface area (Å²) in [6, 6.07) is 0. The van der Waals surface area contributed by atoms with Crippen LogP contribution in [0.15, 0.2) is 12.2 Å². The number of rotatable bonds is 0. The van der Waals surface area contributed by atoms with Gasteiger partial charge in [0.05, 0.1) is 10.8 Å². The highest BCUT2D eigenvalue weighted by atomic mass is 35.5. The van der Waals surface area contributed by atoms with Crippen LogP contribution < -0.4 is 0 Å². The van der Waals surface area contributed by atoms with Gasteiger partial charge in [-0.1, -0.05) is 12.2 Å². The largest absolute Gasteiger partial charge is 0.121 e. The molecule has 4 aliphatic rings. The zero-order valence-corrected chi connectivity index (χ0v) is 9.46. The second-order valence-corrected chi connectivity index (χ2v) is 6.56. The van der Waals surface area contributed by atoms with Crippen LogP contribution in [0.1, 0.15) is 12.8 Å². The lowest BCUT2D eigenvalue weighted by Crippen LogP contribution is -2.38. The van der Waals surface area contributed by atoms with Crippen LogP contribution in [-0.4, -0.2) is 10.8 Å². The summed E-state index contributed by atoms with van der Waals surface area (Å²) in [5.41, 5.74) is 0. The molecule has 0 aromatic carbocycles. The highest BCUT2D eigenvalue weighted by Gasteiger charge is 2.63. The summed E-state index contributed by atoms with van der Waals surface area (Å²) in [6.07, 6.45) is 7.60. The Balaban J connectivity index is 1.78. The van der Waals surface area contributed by atoms with E-state index in [1.807, 2.05) is 0 Å². The summed E-state index contributed by atoms with van der Waals surface area (Å²) in [5, 5.41) is 0.520. The molecule has 14 heavy (non-hydrogen) atoms. The third-order valence-electron chi connectivity index (χ3n) is 5.24. The molecule has 4 aliphatic carbocycles. The maximum Gasteiger partial charge on any atom is 0.0533 e. The van der Waals surface area contributed by atoms with Gasteiger partial charge in [0.15, 0.2) is 0 Å². The molecule has 4 bridgehead atoms. The van der Waals surface area contributed by atoms with E-state index in [4.69, 9.17) is 23.2 Å². The molecule has 0 spiro atoms. The van der Waals surface area contributed by atoms with Crippen LogP contribution in [0, 0.1) is 35.5 Å². The molecule has 3 fully saturated rings. The van der Waals surface area contributed by atoms with Gasteiger partial charge in [-0.25, -0.2) is 0 Å². The Hall–Kier alpha value is 0.320. The fraction of sp³-hybridized carbons (Fsp3) is 0.833. The molecule has 0 heterocycles. The van der Waals surface area contributed by atoms with Gasteiger partial charge in [0.1, 0.15) is 0 Å². The third-order valence-corrected chi connectivity index (χ3v) is 6.56. The van der Waals surface area contributed by atoms with Crippen LogP contribution in [0.2, 0.25) is 0 Å². The van der Waals surface area contributed by atoms with E-state index in [0.29, 0.717) is 0 Å². The van der Waals surface area contributed by atoms with Gasteiger partial charge in [-0.3, -0.25) is 0 Å². The van der Waals surface area contributed by atoms with Crippen molar-refractivity contribution in [3.8, 4) is 0 Å². The van der Waals surface area contributed by atoms with E-state index in [-0.39, 0.29) is 10.8 Å². The van der Waals surface area contributed by atoms with Crippen LogP contribution in [0.3, 0.4) is 0 Å². The molecule has 8 unspecified atom stereocenters. The molecule has 0 aromatic heterocycles. The van der Waals surface area contributed by atoms with Crippen molar-refractivity contribution in [2.24, 2.45) is 35.5 Å². The van der Waals surface area contributed by atoms with Crippen molar-refractivity contribution in [1.29, 1.82) is 0 Å². The number of hydrogen-bond donors (Lipinski definition) is 0. The number of allylic oxidation sites excluding steroid dienone is 2. The monoisotopic (exact) mass is 228 g/mol. The van der Waals surface area contributed by atoms with E-state index in [0.717, 1.165) is 35.5 Å². The zero-order chi connectivity index (χ0) is 9.45. The molecule has 2 heteroatoms. The number of alkyl halides is 2. The smallest absolute Gasteiger partial charge is 0.0533 e. The van der Waals surface area contributed by atoms with Crippen molar-refractivity contribution in [2.45, 2.75) is 23.6 Å². The van der Waals surface area contributed by atoms with E-state index in [1.54, 1.807) is 0 Å². The molecule has 0 aliphatic heterocycles. The van der Waals surface area contributed by atoms with Crippen molar-refractivity contribution in [2.75, 3.05) is 0 Å². The first-order valence-corrected chi connectivity index (χ1v) is 6.61. The molecule has 0 aromatic rings. The number of fused-ring (bicyclic) bond motifs is 9. The number of halogens is 2. The van der Waals surface area contributed by atoms with Crippen molar-refractivity contribution in [3.05, 3.63) is 12.2 Å². The van der Waals surface area contributed by atoms with Crippen LogP contribution in [0.5, 0.6) is 0 Å². The van der Waals surface area contributed by atoms with Gasteiger partial charge in [0.2, 0.25) is 0 Å². The maximum absolute atomic E-state index is 6.41. The first-order valence-electron chi connectivity index (χ1n) is 5.74. The predicted molar refractivity (Wildman–Crippen MR) is 58.6 cm³/mol. The Morgan fingerprint density at radius 1 is 0.786 bits per heavy atom. The molecular formula is C12H14Cl2. The lowest BCUT2D eigenvalue weighted by atomic mass is 9.73. The fourth-order valence-electron chi connectivity index (χ4n) is 4.89. The van der Waals surface area contributed by atoms with E-state index in [1.165, 1.54) is 12.8 Å². The van der Waals surface area contributed by atoms with Gasteiger partial charge in [-0.2, -0.15) is 0 Å². The Morgan fingerprint density at radius 3 is 1.79 bits per heavy atom. The van der Waals surface area contributed by atoms with Crippen LogP contribution in [0.25, 0.3) is 0 Å². The Morgan fingerprint density at radius 2 is 1.29 bits per heavy atom. The van der Waals surface area contributed by atoms with Gasteiger partial charge in [-0.05, 0) is 48.3 Å². The van der Waals surface area contributed by atoms with Gasteiger partial charge in [-0.15, -0.1) is 23.2 Å². The van der Waals surface area contributed by atoms with Gasteiger partial charge in [0.25, 0.3) is 0 Å². The van der Waals surface area contributed by atoms with E-state index in [2.05, 4.69) is 12.2 Å². The van der Waals surface area contributed by atoms with Crippen molar-refractivity contribution >= 4 is 23.2 Å². The Kier molecular flexibility index (Phi) is 1.52. The summed E-state index contributed by atoms with van der Waals surface area (Å²) in [6.45, 7) is 0. The SMILES string of the molecule is ClC1C(Cl)C2CC1C1C3C=CC(C3)C21. The molecule has 0 N–H and O–H groups in total. The van der Waals surface area contributed by atoms with Crippen molar-refractivity contribution in [3.63, 3.8) is 0 Å². The summed E-state index contributed by atoms with van der Waals surface area (Å²) in [4.78, 5) is 0. The molecule has 0 nitrogen and oxygen atoms in total. The summed E-state index contributed by atoms with van der Waals surface area (Å²) >= 11 is 12.8. The lowest BCUT2D eigenvalue weighted by molar-refractivity contribution is 0.213. The summed E-state index contributed by atoms with van der Waals surface area (Å²) in [7, 11) is 0. The number of hydrogen-bond acceptors (Lipinski definition) is 0. The molecule has 4 rings (SSSR count). The third kappa shape index (κ3) is 0.769. The van der Waals surface area contributed by atoms with Crippen molar-refractivity contribution in [1.82, 2.24) is 0 Å². The Bertz CT molecular complexity index is 283. The second kappa shape index (κ2) is 2.52. The van der Waals surface area contributed by atoms with Crippen LogP contribution in [0.4, 0.5) is 0 Å². The average Bonchev–Trinajstić information content (AvgIpc) is 2.87. The molecule has 8 atom stereocenters. The lowest BCUT2D eigenvalue weighted by Gasteiger charge is -2.37. The molecule has 0 radical (unpaired) electrons. The molecular weight excluding hydrogens is 215 g/mol. The molecule has 76 valence electrons. The van der Waals surface area contributed by atoms with Crippen molar-refractivity contribution < 1.29 is 0 Å². The maximum atomic E-state index is 6.41. The molecule has 0 saturated heterocycles. The summed E-state index contributed by atoms with van der Waals surface area (Å²) < 4.78 is 0. The molecule has 3 saturated carbocycles. The predicted octanol–water partition coefficient (Wildman–Crippen LogP) is 3.29. The average molecular weight is 229 g/mol. The summed E-state index contributed by atoms with van der Waals surface area (Å²) in [5.74, 6) is 4.96. The van der Waals surface area contributed by atoms with Gasteiger partial charge < -0.3 is 0 Å². The standard InChI is InChI=1S/C12H14Cl2/c13-11-7-4-8(12(11)14)10-6-2-1-5(3-6)9(7)10/h1-2,5-12H,3-4H2. The van der Waals surface area contributed by atoms with Crippen LogP contribution >= 0.6 is 23.2 Å². The van der Waals surface area contributed by atoms with Gasteiger partial charge >= 0.3 is 0 Å². The minimum Gasteiger partial charge on any atom is -0.121 e. The quantitative estimate of drug-likeness (QED) is 0.339. The normalized spacial score (nSPS) is 67.9. The topological polar surface area (TPSA) is 0 Å². The first kappa shape index (κ1) is 8.47. The molecule has 0 amide bonds. The highest BCUT2D eigenvalue weighted by molar-refractivity contribution is 6.30. The van der Waals surface area contributed by atoms with Gasteiger partial charge in [0, 0.05) is 0 Å².